The molecule has 2 N–H and O–H groups in total. The summed E-state index contributed by atoms with van der Waals surface area (Å²) in [6.45, 7) is 6.08. The van der Waals surface area contributed by atoms with Crippen molar-refractivity contribution >= 4 is 5.69 Å². The molecule has 2 nitrogen and oxygen atoms in total. The molecule has 0 amide bonds. The molecule has 0 bridgehead atoms. The second kappa shape index (κ2) is 6.35. The van der Waals surface area contributed by atoms with Crippen LogP contribution in [0.4, 0.5) is 5.69 Å². The van der Waals surface area contributed by atoms with Gasteiger partial charge in [0.1, 0.15) is 5.75 Å². The minimum absolute atomic E-state index is 0.812. The third kappa shape index (κ3) is 3.36. The lowest BCUT2D eigenvalue weighted by Crippen LogP contribution is -1.93. The summed E-state index contributed by atoms with van der Waals surface area (Å²) in [7, 11) is 1.64. The molecular formula is C11H19NO. The molecule has 0 heterocycles. The molecule has 0 fully saturated rings. The fourth-order valence-corrected chi connectivity index (χ4v) is 1.02. The lowest BCUT2D eigenvalue weighted by molar-refractivity contribution is 0.415. The van der Waals surface area contributed by atoms with E-state index in [1.165, 1.54) is 5.56 Å². The molecule has 0 radical (unpaired) electrons. The van der Waals surface area contributed by atoms with Crippen molar-refractivity contribution in [1.29, 1.82) is 0 Å². The molecule has 13 heavy (non-hydrogen) atoms. The maximum absolute atomic E-state index is 5.73. The fraction of sp³-hybridized carbons (Fsp3) is 0.455. The second-order valence-corrected chi connectivity index (χ2v) is 2.42. The maximum Gasteiger partial charge on any atom is 0.120 e. The number of anilines is 1. The first-order valence-corrected chi connectivity index (χ1v) is 4.70. The van der Waals surface area contributed by atoms with Crippen molar-refractivity contribution in [2.45, 2.75) is 27.2 Å². The molecule has 1 rings (SSSR count). The van der Waals surface area contributed by atoms with Crippen molar-refractivity contribution in [3.8, 4) is 5.75 Å². The maximum atomic E-state index is 5.73. The van der Waals surface area contributed by atoms with E-state index in [0.29, 0.717) is 0 Å². The van der Waals surface area contributed by atoms with Crippen LogP contribution in [0.1, 0.15) is 26.3 Å². The number of hydrogen-bond acceptors (Lipinski definition) is 2. The van der Waals surface area contributed by atoms with Crippen LogP contribution in [0.3, 0.4) is 0 Å². The minimum Gasteiger partial charge on any atom is -0.497 e. The summed E-state index contributed by atoms with van der Waals surface area (Å²) in [5.41, 5.74) is 7.71. The van der Waals surface area contributed by atoms with Crippen LogP contribution in [0.2, 0.25) is 0 Å². The topological polar surface area (TPSA) is 35.2 Å². The van der Waals surface area contributed by atoms with Crippen LogP contribution in [0.5, 0.6) is 5.75 Å². The molecule has 0 spiro atoms. The van der Waals surface area contributed by atoms with Crippen molar-refractivity contribution in [1.82, 2.24) is 0 Å². The van der Waals surface area contributed by atoms with Gasteiger partial charge >= 0.3 is 0 Å². The molecule has 0 saturated heterocycles. The van der Waals surface area contributed by atoms with Gasteiger partial charge in [-0.25, -0.2) is 0 Å². The summed E-state index contributed by atoms with van der Waals surface area (Å²) in [4.78, 5) is 0. The average Bonchev–Trinajstić information content (AvgIpc) is 2.20. The third-order valence-corrected chi connectivity index (χ3v) is 1.73. The predicted molar refractivity (Wildman–Crippen MR) is 58.1 cm³/mol. The quantitative estimate of drug-likeness (QED) is 0.712. The van der Waals surface area contributed by atoms with E-state index in [9.17, 15) is 0 Å². The van der Waals surface area contributed by atoms with E-state index < -0.39 is 0 Å². The van der Waals surface area contributed by atoms with Gasteiger partial charge in [0.25, 0.3) is 0 Å². The highest BCUT2D eigenvalue weighted by Gasteiger charge is 1.97. The number of benzene rings is 1. The molecule has 0 aliphatic rings. The molecular weight excluding hydrogens is 162 g/mol. The van der Waals surface area contributed by atoms with Crippen LogP contribution in [0.25, 0.3) is 0 Å². The summed E-state index contributed by atoms with van der Waals surface area (Å²) in [5, 5.41) is 0. The summed E-state index contributed by atoms with van der Waals surface area (Å²) in [6, 6.07) is 5.77. The highest BCUT2D eigenvalue weighted by Crippen LogP contribution is 2.19. The van der Waals surface area contributed by atoms with Gasteiger partial charge in [0.05, 0.1) is 7.11 Å². The Balaban J connectivity index is 0.000000671. The van der Waals surface area contributed by atoms with E-state index in [2.05, 4.69) is 6.92 Å². The van der Waals surface area contributed by atoms with E-state index in [1.54, 1.807) is 7.11 Å². The lowest BCUT2D eigenvalue weighted by atomic mass is 10.1. The van der Waals surface area contributed by atoms with Crippen LogP contribution < -0.4 is 10.5 Å². The molecule has 0 atom stereocenters. The molecule has 1 aromatic carbocycles. The lowest BCUT2D eigenvalue weighted by Gasteiger charge is -2.04. The fourth-order valence-electron chi connectivity index (χ4n) is 1.02. The zero-order chi connectivity index (χ0) is 10.3. The van der Waals surface area contributed by atoms with Gasteiger partial charge in [-0.2, -0.15) is 0 Å². The molecule has 0 saturated carbocycles. The summed E-state index contributed by atoms with van der Waals surface area (Å²) >= 11 is 0. The van der Waals surface area contributed by atoms with Crippen LogP contribution >= 0.6 is 0 Å². The number of hydrogen-bond donors (Lipinski definition) is 1. The Hall–Kier alpha value is -1.18. The Labute approximate surface area is 80.7 Å². The SMILES string of the molecule is CC.CCc1ccc(OC)cc1N. The smallest absolute Gasteiger partial charge is 0.120 e. The Morgan fingerprint density at radius 2 is 1.92 bits per heavy atom. The highest BCUT2D eigenvalue weighted by molar-refractivity contribution is 5.51. The zero-order valence-electron chi connectivity index (χ0n) is 8.92. The first kappa shape index (κ1) is 11.8. The van der Waals surface area contributed by atoms with Gasteiger partial charge in [0, 0.05) is 11.8 Å². The van der Waals surface area contributed by atoms with E-state index in [-0.39, 0.29) is 0 Å². The summed E-state index contributed by atoms with van der Waals surface area (Å²) in [5.74, 6) is 0.819. The van der Waals surface area contributed by atoms with Crippen LogP contribution in [-0.4, -0.2) is 7.11 Å². The number of rotatable bonds is 2. The molecule has 2 heteroatoms. The van der Waals surface area contributed by atoms with Crippen molar-refractivity contribution in [2.75, 3.05) is 12.8 Å². The van der Waals surface area contributed by atoms with Crippen molar-refractivity contribution in [3.63, 3.8) is 0 Å². The molecule has 0 aromatic heterocycles. The van der Waals surface area contributed by atoms with Gasteiger partial charge in [-0.15, -0.1) is 0 Å². The van der Waals surface area contributed by atoms with E-state index in [4.69, 9.17) is 10.5 Å². The Morgan fingerprint density at radius 3 is 2.31 bits per heavy atom. The Morgan fingerprint density at radius 1 is 1.31 bits per heavy atom. The molecule has 0 unspecified atom stereocenters. The molecule has 0 aliphatic heterocycles. The Bertz CT molecular complexity index is 246. The van der Waals surface area contributed by atoms with Crippen LogP contribution in [0, 0.1) is 0 Å². The molecule has 1 aromatic rings. The normalized spacial score (nSPS) is 8.62. The second-order valence-electron chi connectivity index (χ2n) is 2.42. The monoisotopic (exact) mass is 181 g/mol. The molecule has 74 valence electrons. The summed E-state index contributed by atoms with van der Waals surface area (Å²) < 4.78 is 5.01. The molecule has 0 aliphatic carbocycles. The zero-order valence-corrected chi connectivity index (χ0v) is 8.92. The predicted octanol–water partition coefficient (Wildman–Crippen LogP) is 2.87. The van der Waals surface area contributed by atoms with Gasteiger partial charge in [-0.3, -0.25) is 0 Å². The minimum atomic E-state index is 0.812. The summed E-state index contributed by atoms with van der Waals surface area (Å²) in [6.07, 6.45) is 0.968. The standard InChI is InChI=1S/C9H13NO.C2H6/c1-3-7-4-5-8(11-2)6-9(7)10;1-2/h4-6H,3,10H2,1-2H3;1-2H3. The largest absolute Gasteiger partial charge is 0.497 e. The van der Waals surface area contributed by atoms with E-state index in [0.717, 1.165) is 17.9 Å². The first-order valence-electron chi connectivity index (χ1n) is 4.70. The number of methoxy groups -OCH3 is 1. The van der Waals surface area contributed by atoms with Gasteiger partial charge < -0.3 is 10.5 Å². The number of ether oxygens (including phenoxy) is 1. The van der Waals surface area contributed by atoms with Crippen LogP contribution in [0.15, 0.2) is 18.2 Å². The van der Waals surface area contributed by atoms with E-state index in [1.807, 2.05) is 32.0 Å². The van der Waals surface area contributed by atoms with E-state index >= 15 is 0 Å². The van der Waals surface area contributed by atoms with Crippen LogP contribution in [-0.2, 0) is 6.42 Å². The number of nitrogen functional groups attached to an aromatic ring is 1. The van der Waals surface area contributed by atoms with Gasteiger partial charge in [0.15, 0.2) is 0 Å². The number of nitrogens with two attached hydrogens (primary N) is 1. The van der Waals surface area contributed by atoms with Crippen molar-refractivity contribution in [2.24, 2.45) is 0 Å². The van der Waals surface area contributed by atoms with Crippen molar-refractivity contribution in [3.05, 3.63) is 23.8 Å². The highest BCUT2D eigenvalue weighted by atomic mass is 16.5. The van der Waals surface area contributed by atoms with Gasteiger partial charge in [0.2, 0.25) is 0 Å². The Kier molecular flexibility index (Phi) is 5.77. The van der Waals surface area contributed by atoms with Crippen molar-refractivity contribution < 1.29 is 4.74 Å². The van der Waals surface area contributed by atoms with Gasteiger partial charge in [-0.05, 0) is 18.1 Å². The third-order valence-electron chi connectivity index (χ3n) is 1.73. The number of aryl methyl sites for hydroxylation is 1. The first-order chi connectivity index (χ1) is 6.27. The average molecular weight is 181 g/mol. The van der Waals surface area contributed by atoms with Gasteiger partial charge in [-0.1, -0.05) is 26.8 Å².